The minimum absolute atomic E-state index is 0.00401. The van der Waals surface area contributed by atoms with Crippen molar-refractivity contribution < 1.29 is 42.6 Å². The van der Waals surface area contributed by atoms with E-state index in [1.165, 1.54) is 7.11 Å². The molecule has 5 aliphatic rings. The number of hydrogen-bond acceptors (Lipinski definition) is 12. The first-order valence-corrected chi connectivity index (χ1v) is 21.5. The summed E-state index contributed by atoms with van der Waals surface area (Å²) in [6.07, 6.45) is 7.63. The lowest BCUT2D eigenvalue weighted by Gasteiger charge is -2.46. The van der Waals surface area contributed by atoms with Crippen LogP contribution in [-0.2, 0) is 19.2 Å². The molecule has 2 aromatic carbocycles. The smallest absolute Gasteiger partial charge is 0.251 e. The summed E-state index contributed by atoms with van der Waals surface area (Å²) in [5, 5.41) is 18.6. The van der Waals surface area contributed by atoms with Gasteiger partial charge in [0, 0.05) is 74.6 Å². The van der Waals surface area contributed by atoms with E-state index in [4.69, 9.17) is 9.72 Å². The summed E-state index contributed by atoms with van der Waals surface area (Å²) in [4.78, 5) is 81.2. The molecule has 18 heteroatoms. The van der Waals surface area contributed by atoms with Crippen LogP contribution in [0.1, 0.15) is 93.0 Å². The number of methoxy groups -OCH3 is 1. The summed E-state index contributed by atoms with van der Waals surface area (Å²) in [6, 6.07) is 7.23. The Labute approximate surface area is 358 Å². The largest absolute Gasteiger partial charge is 0.495 e. The lowest BCUT2D eigenvalue weighted by molar-refractivity contribution is -0.138. The van der Waals surface area contributed by atoms with Crippen molar-refractivity contribution in [2.45, 2.75) is 94.7 Å². The molecule has 5 amide bonds. The Morgan fingerprint density at radius 3 is 2.39 bits per heavy atom. The molecule has 5 heterocycles. The first-order valence-electron chi connectivity index (χ1n) is 21.5. The van der Waals surface area contributed by atoms with Crippen LogP contribution in [-0.4, -0.2) is 114 Å². The van der Waals surface area contributed by atoms with Gasteiger partial charge in [0.15, 0.2) is 5.82 Å². The second-order valence-corrected chi connectivity index (χ2v) is 17.1. The molecule has 8 rings (SSSR count). The molecule has 3 saturated heterocycles. The molecule has 16 nitrogen and oxygen atoms in total. The van der Waals surface area contributed by atoms with E-state index in [-0.39, 0.29) is 80.0 Å². The van der Waals surface area contributed by atoms with Crippen LogP contribution in [0.4, 0.5) is 37.6 Å². The second kappa shape index (κ2) is 17.5. The molecule has 4 aliphatic heterocycles. The highest BCUT2D eigenvalue weighted by atomic mass is 19.1. The molecule has 0 bridgehead atoms. The van der Waals surface area contributed by atoms with Crippen LogP contribution in [0.2, 0.25) is 0 Å². The van der Waals surface area contributed by atoms with Crippen molar-refractivity contribution in [2.75, 3.05) is 67.0 Å². The molecule has 2 atom stereocenters. The van der Waals surface area contributed by atoms with Gasteiger partial charge in [0.25, 0.3) is 5.91 Å². The van der Waals surface area contributed by atoms with Gasteiger partial charge in [0.2, 0.25) is 29.6 Å². The topological polar surface area (TPSA) is 190 Å². The van der Waals surface area contributed by atoms with E-state index >= 15 is 8.78 Å². The van der Waals surface area contributed by atoms with Crippen molar-refractivity contribution in [3.8, 4) is 5.75 Å². The first kappa shape index (κ1) is 42.8. The molecular formula is C44H53F2N9O7. The van der Waals surface area contributed by atoms with E-state index in [2.05, 4.69) is 25.8 Å². The van der Waals surface area contributed by atoms with Gasteiger partial charge >= 0.3 is 0 Å². The molecule has 0 spiro atoms. The number of hydrogen-bond donors (Lipinski definition) is 4. The van der Waals surface area contributed by atoms with Crippen molar-refractivity contribution in [3.63, 3.8) is 0 Å². The predicted octanol–water partition coefficient (Wildman–Crippen LogP) is 4.14. The number of halogens is 2. The highest BCUT2D eigenvalue weighted by Gasteiger charge is 2.43. The highest BCUT2D eigenvalue weighted by Crippen LogP contribution is 2.41. The number of carbonyl (C=O) groups is 5. The van der Waals surface area contributed by atoms with E-state index < -0.39 is 40.8 Å². The number of benzene rings is 2. The maximum Gasteiger partial charge on any atom is 0.251 e. The molecule has 1 saturated carbocycles. The molecule has 1 aromatic heterocycles. The molecule has 0 radical (unpaired) electrons. The molecule has 4 N–H and O–H groups in total. The third-order valence-corrected chi connectivity index (χ3v) is 13.4. The normalized spacial score (nSPS) is 21.7. The van der Waals surface area contributed by atoms with Crippen molar-refractivity contribution in [1.82, 2.24) is 25.5 Å². The molecule has 4 fully saturated rings. The van der Waals surface area contributed by atoms with Crippen molar-refractivity contribution in [2.24, 2.45) is 5.92 Å². The van der Waals surface area contributed by atoms with Gasteiger partial charge in [-0.05, 0) is 75.3 Å². The number of rotatable bonds is 12. The van der Waals surface area contributed by atoms with Gasteiger partial charge < -0.3 is 40.1 Å². The van der Waals surface area contributed by atoms with Gasteiger partial charge in [-0.25, -0.2) is 13.8 Å². The Morgan fingerprint density at radius 2 is 1.74 bits per heavy atom. The number of imide groups is 1. The lowest BCUT2D eigenvalue weighted by Crippen LogP contribution is -2.60. The van der Waals surface area contributed by atoms with Crippen molar-refractivity contribution >= 4 is 58.4 Å². The Morgan fingerprint density at radius 1 is 1.03 bits per heavy atom. The molecule has 1 unspecified atom stereocenters. The van der Waals surface area contributed by atoms with Crippen LogP contribution in [0, 0.1) is 17.6 Å². The standard InChI is InChI=1S/C44H53F2N9O7/c1-4-33-42(61)52(2)34-22-47-43(50-38(34)55(33)27-7-5-6-8-27)48-32-11-9-25(19-35(32)62-3)39(58)51-44(15-18-56)13-16-53(17-14-44)41(60)26-23-54(24-26)28-20-30(45)37(31(46)21-28)29-10-12-36(57)49-40(29)59/h9,11,19-22,26-27,29,33,56H,4-8,10,12-18,23-24H2,1-3H3,(H,51,58)(H,47,48,50)(H,49,57,59)/t29?,33-/m1/s1. The van der Waals surface area contributed by atoms with Gasteiger partial charge in [-0.2, -0.15) is 4.98 Å². The zero-order valence-electron chi connectivity index (χ0n) is 35.2. The third kappa shape index (κ3) is 8.11. The van der Waals surface area contributed by atoms with E-state index in [9.17, 15) is 29.1 Å². The first-order chi connectivity index (χ1) is 29.8. The van der Waals surface area contributed by atoms with E-state index in [1.54, 1.807) is 46.1 Å². The summed E-state index contributed by atoms with van der Waals surface area (Å²) < 4.78 is 36.0. The Bertz CT molecular complexity index is 2240. The quantitative estimate of drug-likeness (QED) is 0.191. The van der Waals surface area contributed by atoms with Crippen LogP contribution < -0.4 is 35.4 Å². The van der Waals surface area contributed by atoms with Crippen LogP contribution in [0.15, 0.2) is 36.5 Å². The number of nitrogens with zero attached hydrogens (tertiary/aromatic N) is 6. The molecule has 3 aromatic rings. The summed E-state index contributed by atoms with van der Waals surface area (Å²) in [5.74, 6) is -3.47. The number of likely N-dealkylation sites (N-methyl/N-ethyl adjacent to an activating group) is 1. The lowest BCUT2D eigenvalue weighted by atomic mass is 9.83. The number of carbonyl (C=O) groups excluding carboxylic acids is 5. The summed E-state index contributed by atoms with van der Waals surface area (Å²) in [6.45, 7) is 3.04. The number of ether oxygens (including phenoxy) is 1. The van der Waals surface area contributed by atoms with Gasteiger partial charge in [0.05, 0.1) is 30.8 Å². The van der Waals surface area contributed by atoms with Crippen molar-refractivity contribution in [1.29, 1.82) is 0 Å². The number of piperidine rings is 2. The highest BCUT2D eigenvalue weighted by molar-refractivity contribution is 6.04. The van der Waals surface area contributed by atoms with Gasteiger partial charge in [-0.3, -0.25) is 29.3 Å². The number of aliphatic hydroxyl groups is 1. The second-order valence-electron chi connectivity index (χ2n) is 17.1. The SMILES string of the molecule is CC[C@@H]1C(=O)N(C)c2cnc(Nc3ccc(C(=O)NC4(CCO)CCN(C(=O)C5CN(c6cc(F)c(C7CCC(=O)NC7=O)c(F)c6)C5)CC4)cc3OC)nc2N1C1CCCC1. The van der Waals surface area contributed by atoms with Crippen LogP contribution >= 0.6 is 0 Å². The van der Waals surface area contributed by atoms with Crippen LogP contribution in [0.5, 0.6) is 5.75 Å². The predicted molar refractivity (Wildman–Crippen MR) is 225 cm³/mol. The maximum atomic E-state index is 15.2. The zero-order chi connectivity index (χ0) is 43.9. The average Bonchev–Trinajstić information content (AvgIpc) is 3.77. The van der Waals surface area contributed by atoms with Gasteiger partial charge in [-0.1, -0.05) is 19.8 Å². The fourth-order valence-corrected chi connectivity index (χ4v) is 9.78. The Kier molecular flexibility index (Phi) is 12.0. The molecule has 330 valence electrons. The fourth-order valence-electron chi connectivity index (χ4n) is 9.78. The van der Waals surface area contributed by atoms with Crippen LogP contribution in [0.25, 0.3) is 0 Å². The summed E-state index contributed by atoms with van der Waals surface area (Å²) >= 11 is 0. The van der Waals surface area contributed by atoms with Gasteiger partial charge in [0.1, 0.15) is 29.1 Å². The molecule has 1 aliphatic carbocycles. The van der Waals surface area contributed by atoms with E-state index in [0.717, 1.165) is 37.8 Å². The molecular weight excluding hydrogens is 805 g/mol. The zero-order valence-corrected chi connectivity index (χ0v) is 35.2. The van der Waals surface area contributed by atoms with Gasteiger partial charge in [-0.15, -0.1) is 0 Å². The third-order valence-electron chi connectivity index (χ3n) is 13.4. The Hall–Kier alpha value is -5.91. The number of aliphatic hydroxyl groups excluding tert-OH is 1. The maximum absolute atomic E-state index is 15.2. The van der Waals surface area contributed by atoms with E-state index in [0.29, 0.717) is 66.8 Å². The molecule has 62 heavy (non-hydrogen) atoms. The number of likely N-dealkylation sites (tertiary alicyclic amines) is 1. The number of anilines is 5. The number of fused-ring (bicyclic) bond motifs is 1. The van der Waals surface area contributed by atoms with Crippen molar-refractivity contribution in [3.05, 3.63) is 59.3 Å². The Balaban J connectivity index is 0.887. The van der Waals surface area contributed by atoms with E-state index in [1.807, 2.05) is 6.92 Å². The minimum atomic E-state index is -1.10. The monoisotopic (exact) mass is 857 g/mol. The number of aromatic nitrogens is 2. The average molecular weight is 858 g/mol. The minimum Gasteiger partial charge on any atom is -0.495 e. The summed E-state index contributed by atoms with van der Waals surface area (Å²) in [7, 11) is 3.25. The van der Waals surface area contributed by atoms with Crippen LogP contribution in [0.3, 0.4) is 0 Å². The number of nitrogens with one attached hydrogen (secondary N) is 3. The fraction of sp³-hybridized carbons (Fsp3) is 0.523. The number of amides is 5. The summed E-state index contributed by atoms with van der Waals surface area (Å²) in [5.41, 5.74) is 0.646.